The van der Waals surface area contributed by atoms with Crippen molar-refractivity contribution in [2.45, 2.75) is 32.5 Å². The number of nitrogens with zero attached hydrogens (tertiary/aromatic N) is 1. The number of hydrogen-bond donors (Lipinski definition) is 2. The largest absolute Gasteiger partial charge is 0.380 e. The number of nitrogens with one attached hydrogen (secondary N) is 2. The highest BCUT2D eigenvalue weighted by Gasteiger charge is 2.13. The van der Waals surface area contributed by atoms with Crippen LogP contribution in [-0.2, 0) is 11.3 Å². The normalized spacial score (nSPS) is 13.2. The van der Waals surface area contributed by atoms with Gasteiger partial charge in [-0.2, -0.15) is 0 Å². The Labute approximate surface area is 137 Å². The van der Waals surface area contributed by atoms with Crippen LogP contribution in [0, 0.1) is 0 Å². The van der Waals surface area contributed by atoms with Crippen LogP contribution < -0.4 is 10.6 Å². The number of urea groups is 1. The van der Waals surface area contributed by atoms with E-state index in [0.29, 0.717) is 6.54 Å². The van der Waals surface area contributed by atoms with Gasteiger partial charge in [0.05, 0.1) is 17.8 Å². The van der Waals surface area contributed by atoms with Crippen molar-refractivity contribution in [3.8, 4) is 11.3 Å². The lowest BCUT2D eigenvalue weighted by Gasteiger charge is -2.20. The maximum atomic E-state index is 11.9. The van der Waals surface area contributed by atoms with Crippen LogP contribution >= 0.6 is 0 Å². The second-order valence-corrected chi connectivity index (χ2v) is 5.47. The SMILES string of the molecule is CO[C@@H](C)[C@H](C)NC(=O)NCc1cccc(-c2ccccn2)c1. The van der Waals surface area contributed by atoms with Gasteiger partial charge in [0, 0.05) is 25.4 Å². The number of carbonyl (C=O) groups is 1. The van der Waals surface area contributed by atoms with Gasteiger partial charge >= 0.3 is 6.03 Å². The molecule has 5 heteroatoms. The van der Waals surface area contributed by atoms with E-state index in [-0.39, 0.29) is 18.2 Å². The molecule has 0 fully saturated rings. The summed E-state index contributed by atoms with van der Waals surface area (Å²) in [5.41, 5.74) is 2.98. The molecule has 23 heavy (non-hydrogen) atoms. The third-order valence-electron chi connectivity index (χ3n) is 3.78. The van der Waals surface area contributed by atoms with Gasteiger partial charge in [0.2, 0.25) is 0 Å². The van der Waals surface area contributed by atoms with Gasteiger partial charge in [0.15, 0.2) is 0 Å². The van der Waals surface area contributed by atoms with Crippen molar-refractivity contribution >= 4 is 6.03 Å². The van der Waals surface area contributed by atoms with Crippen molar-refractivity contribution in [1.29, 1.82) is 0 Å². The summed E-state index contributed by atoms with van der Waals surface area (Å²) < 4.78 is 5.19. The number of carbonyl (C=O) groups excluding carboxylic acids is 1. The van der Waals surface area contributed by atoms with Gasteiger partial charge in [-0.3, -0.25) is 4.98 Å². The average Bonchev–Trinajstić information content (AvgIpc) is 2.60. The molecule has 0 unspecified atom stereocenters. The molecule has 0 aliphatic rings. The lowest BCUT2D eigenvalue weighted by Crippen LogP contribution is -2.45. The highest BCUT2D eigenvalue weighted by molar-refractivity contribution is 5.74. The summed E-state index contributed by atoms with van der Waals surface area (Å²) in [6.45, 7) is 4.29. The second kappa shape index (κ2) is 8.29. The minimum atomic E-state index is -0.204. The Morgan fingerprint density at radius 1 is 1.22 bits per heavy atom. The number of ether oxygens (including phenoxy) is 1. The van der Waals surface area contributed by atoms with E-state index in [1.807, 2.05) is 56.3 Å². The van der Waals surface area contributed by atoms with Crippen LogP contribution in [-0.4, -0.2) is 30.3 Å². The number of methoxy groups -OCH3 is 1. The fourth-order valence-electron chi connectivity index (χ4n) is 2.14. The predicted octanol–water partition coefficient (Wildman–Crippen LogP) is 2.97. The van der Waals surface area contributed by atoms with Crippen molar-refractivity contribution in [2.24, 2.45) is 0 Å². The van der Waals surface area contributed by atoms with Gasteiger partial charge in [-0.05, 0) is 37.6 Å². The highest BCUT2D eigenvalue weighted by Crippen LogP contribution is 2.17. The predicted molar refractivity (Wildman–Crippen MR) is 91.0 cm³/mol. The van der Waals surface area contributed by atoms with Crippen LogP contribution in [0.2, 0.25) is 0 Å². The molecular weight excluding hydrogens is 290 g/mol. The summed E-state index contributed by atoms with van der Waals surface area (Å²) in [6, 6.07) is 13.5. The molecule has 1 aromatic heterocycles. The number of amides is 2. The molecule has 0 saturated carbocycles. The molecule has 5 nitrogen and oxygen atoms in total. The monoisotopic (exact) mass is 313 g/mol. The van der Waals surface area contributed by atoms with Crippen LogP contribution in [0.15, 0.2) is 48.7 Å². The van der Waals surface area contributed by atoms with E-state index in [2.05, 4.69) is 15.6 Å². The van der Waals surface area contributed by atoms with Crippen LogP contribution in [0.3, 0.4) is 0 Å². The molecule has 1 heterocycles. The van der Waals surface area contributed by atoms with Crippen LogP contribution in [0.1, 0.15) is 19.4 Å². The van der Waals surface area contributed by atoms with Gasteiger partial charge in [0.25, 0.3) is 0 Å². The van der Waals surface area contributed by atoms with E-state index in [1.54, 1.807) is 13.3 Å². The summed E-state index contributed by atoms with van der Waals surface area (Å²) >= 11 is 0. The molecule has 0 aliphatic heterocycles. The zero-order chi connectivity index (χ0) is 16.7. The van der Waals surface area contributed by atoms with E-state index in [4.69, 9.17) is 4.74 Å². The molecule has 2 atom stereocenters. The first-order chi connectivity index (χ1) is 11.1. The molecule has 2 rings (SSSR count). The highest BCUT2D eigenvalue weighted by atomic mass is 16.5. The fraction of sp³-hybridized carbons (Fsp3) is 0.333. The van der Waals surface area contributed by atoms with Gasteiger partial charge in [-0.1, -0.05) is 24.3 Å². The Balaban J connectivity index is 1.92. The number of pyridine rings is 1. The fourth-order valence-corrected chi connectivity index (χ4v) is 2.14. The Hall–Kier alpha value is -2.40. The lowest BCUT2D eigenvalue weighted by molar-refractivity contribution is 0.0911. The first kappa shape index (κ1) is 17.0. The van der Waals surface area contributed by atoms with Crippen molar-refractivity contribution in [1.82, 2.24) is 15.6 Å². The summed E-state index contributed by atoms with van der Waals surface area (Å²) in [4.78, 5) is 16.3. The topological polar surface area (TPSA) is 63.2 Å². The Bertz CT molecular complexity index is 631. The van der Waals surface area contributed by atoms with E-state index in [1.165, 1.54) is 0 Å². The zero-order valence-electron chi connectivity index (χ0n) is 13.7. The molecule has 0 bridgehead atoms. The van der Waals surface area contributed by atoms with Gasteiger partial charge < -0.3 is 15.4 Å². The van der Waals surface area contributed by atoms with Gasteiger partial charge in [-0.25, -0.2) is 4.79 Å². The minimum Gasteiger partial charge on any atom is -0.380 e. The molecule has 0 aliphatic carbocycles. The Kier molecular flexibility index (Phi) is 6.11. The van der Waals surface area contributed by atoms with E-state index >= 15 is 0 Å². The number of benzene rings is 1. The quantitative estimate of drug-likeness (QED) is 0.862. The maximum Gasteiger partial charge on any atom is 0.315 e. The summed E-state index contributed by atoms with van der Waals surface area (Å²) in [6.07, 6.45) is 1.74. The van der Waals surface area contributed by atoms with Gasteiger partial charge in [0.1, 0.15) is 0 Å². The standard InChI is InChI=1S/C18H23N3O2/c1-13(14(2)23-3)21-18(22)20-12-15-7-6-8-16(11-15)17-9-4-5-10-19-17/h4-11,13-14H,12H2,1-3H3,(H2,20,21,22)/t13-,14-/m0/s1. The first-order valence-corrected chi connectivity index (χ1v) is 7.67. The smallest absolute Gasteiger partial charge is 0.315 e. The van der Waals surface area contributed by atoms with Crippen molar-refractivity contribution in [3.63, 3.8) is 0 Å². The van der Waals surface area contributed by atoms with E-state index < -0.39 is 0 Å². The van der Waals surface area contributed by atoms with Crippen LogP contribution in [0.5, 0.6) is 0 Å². The Morgan fingerprint density at radius 3 is 2.74 bits per heavy atom. The van der Waals surface area contributed by atoms with Crippen molar-refractivity contribution in [3.05, 3.63) is 54.2 Å². The second-order valence-electron chi connectivity index (χ2n) is 5.47. The summed E-state index contributed by atoms with van der Waals surface area (Å²) in [5, 5.41) is 5.72. The third kappa shape index (κ3) is 5.07. The molecule has 0 radical (unpaired) electrons. The van der Waals surface area contributed by atoms with Gasteiger partial charge in [-0.15, -0.1) is 0 Å². The maximum absolute atomic E-state index is 11.9. The molecule has 0 spiro atoms. The van der Waals surface area contributed by atoms with E-state index in [0.717, 1.165) is 16.8 Å². The Morgan fingerprint density at radius 2 is 2.04 bits per heavy atom. The number of rotatable bonds is 6. The molecule has 1 aromatic carbocycles. The summed E-state index contributed by atoms with van der Waals surface area (Å²) in [7, 11) is 1.63. The molecule has 122 valence electrons. The van der Waals surface area contributed by atoms with E-state index in [9.17, 15) is 4.79 Å². The van der Waals surface area contributed by atoms with Crippen LogP contribution in [0.25, 0.3) is 11.3 Å². The van der Waals surface area contributed by atoms with Crippen molar-refractivity contribution in [2.75, 3.05) is 7.11 Å². The number of hydrogen-bond acceptors (Lipinski definition) is 3. The lowest BCUT2D eigenvalue weighted by atomic mass is 10.1. The van der Waals surface area contributed by atoms with Crippen molar-refractivity contribution < 1.29 is 9.53 Å². The third-order valence-corrected chi connectivity index (χ3v) is 3.78. The average molecular weight is 313 g/mol. The van der Waals surface area contributed by atoms with Crippen LogP contribution in [0.4, 0.5) is 4.79 Å². The molecule has 0 saturated heterocycles. The summed E-state index contributed by atoms with van der Waals surface area (Å²) in [5.74, 6) is 0. The first-order valence-electron chi connectivity index (χ1n) is 7.67. The number of aromatic nitrogens is 1. The molecule has 2 N–H and O–H groups in total. The molecular formula is C18H23N3O2. The minimum absolute atomic E-state index is 0.0340. The molecule has 2 aromatic rings. The zero-order valence-corrected chi connectivity index (χ0v) is 13.7. The molecule has 2 amide bonds.